The molecule has 0 N–H and O–H groups in total. The standard InChI is InChI=1S/C19H24N2O3/c1-13-17(19(22)23-3)18(20-21(13)2)14-9-11-16(12-10-14)24-15-7-5-4-6-8-15/h9-12,15H,4-8H2,1-3H3. The number of aromatic nitrogens is 2. The second-order valence-electron chi connectivity index (χ2n) is 6.33. The fourth-order valence-electron chi connectivity index (χ4n) is 3.22. The Bertz CT molecular complexity index is 713. The van der Waals surface area contributed by atoms with E-state index in [1.807, 2.05) is 38.2 Å². The maximum absolute atomic E-state index is 12.1. The minimum atomic E-state index is -0.363. The molecule has 1 aliphatic rings. The number of nitrogens with zero attached hydrogens (tertiary/aromatic N) is 2. The molecule has 0 atom stereocenters. The highest BCUT2D eigenvalue weighted by Crippen LogP contribution is 2.29. The van der Waals surface area contributed by atoms with E-state index < -0.39 is 0 Å². The molecule has 128 valence electrons. The monoisotopic (exact) mass is 328 g/mol. The molecule has 0 aliphatic heterocycles. The quantitative estimate of drug-likeness (QED) is 0.799. The molecule has 0 bridgehead atoms. The van der Waals surface area contributed by atoms with Gasteiger partial charge in [-0.2, -0.15) is 5.10 Å². The van der Waals surface area contributed by atoms with Crippen LogP contribution < -0.4 is 4.74 Å². The molecule has 0 amide bonds. The molecule has 24 heavy (non-hydrogen) atoms. The first-order chi connectivity index (χ1) is 11.6. The molecule has 5 heteroatoms. The molecule has 2 aromatic rings. The number of methoxy groups -OCH3 is 1. The van der Waals surface area contributed by atoms with Crippen molar-refractivity contribution in [2.75, 3.05) is 7.11 Å². The van der Waals surface area contributed by atoms with Gasteiger partial charge in [-0.1, -0.05) is 6.42 Å². The van der Waals surface area contributed by atoms with Crippen LogP contribution in [0.25, 0.3) is 11.3 Å². The lowest BCUT2D eigenvalue weighted by atomic mass is 9.98. The van der Waals surface area contributed by atoms with Crippen molar-refractivity contribution < 1.29 is 14.3 Å². The van der Waals surface area contributed by atoms with Gasteiger partial charge in [-0.25, -0.2) is 4.79 Å². The number of hydrogen-bond donors (Lipinski definition) is 0. The number of rotatable bonds is 4. The van der Waals surface area contributed by atoms with Gasteiger partial charge in [0.15, 0.2) is 0 Å². The summed E-state index contributed by atoms with van der Waals surface area (Å²) < 4.78 is 12.7. The summed E-state index contributed by atoms with van der Waals surface area (Å²) in [6.07, 6.45) is 6.40. The average molecular weight is 328 g/mol. The van der Waals surface area contributed by atoms with Crippen LogP contribution in [0.15, 0.2) is 24.3 Å². The van der Waals surface area contributed by atoms with E-state index in [9.17, 15) is 4.79 Å². The van der Waals surface area contributed by atoms with Crippen molar-refractivity contribution in [2.24, 2.45) is 7.05 Å². The fourth-order valence-corrected chi connectivity index (χ4v) is 3.22. The van der Waals surface area contributed by atoms with Crippen molar-refractivity contribution >= 4 is 5.97 Å². The summed E-state index contributed by atoms with van der Waals surface area (Å²) in [5, 5.41) is 4.47. The SMILES string of the molecule is COC(=O)c1c(-c2ccc(OC3CCCCC3)cc2)nn(C)c1C. The molecule has 0 saturated heterocycles. The number of aryl methyl sites for hydroxylation is 1. The van der Waals surface area contributed by atoms with E-state index in [1.165, 1.54) is 26.4 Å². The maximum Gasteiger partial charge on any atom is 0.342 e. The van der Waals surface area contributed by atoms with Crippen LogP contribution in [0.4, 0.5) is 0 Å². The predicted molar refractivity (Wildman–Crippen MR) is 92.2 cm³/mol. The van der Waals surface area contributed by atoms with Gasteiger partial charge in [-0.3, -0.25) is 4.68 Å². The van der Waals surface area contributed by atoms with Crippen LogP contribution in [0, 0.1) is 6.92 Å². The highest BCUT2D eigenvalue weighted by Gasteiger charge is 2.22. The second kappa shape index (κ2) is 7.07. The Morgan fingerprint density at radius 3 is 2.46 bits per heavy atom. The number of carbonyl (C=O) groups is 1. The Labute approximate surface area is 142 Å². The van der Waals surface area contributed by atoms with Gasteiger partial charge in [-0.15, -0.1) is 0 Å². The first kappa shape index (κ1) is 16.6. The molecule has 5 nitrogen and oxygen atoms in total. The van der Waals surface area contributed by atoms with Crippen molar-refractivity contribution in [1.29, 1.82) is 0 Å². The van der Waals surface area contributed by atoms with E-state index in [1.54, 1.807) is 4.68 Å². The summed E-state index contributed by atoms with van der Waals surface area (Å²) in [5.74, 6) is 0.510. The van der Waals surface area contributed by atoms with Gasteiger partial charge in [-0.05, 0) is 56.9 Å². The largest absolute Gasteiger partial charge is 0.490 e. The van der Waals surface area contributed by atoms with Crippen molar-refractivity contribution in [1.82, 2.24) is 9.78 Å². The predicted octanol–water partition coefficient (Wildman–Crippen LogP) is 3.89. The van der Waals surface area contributed by atoms with E-state index in [-0.39, 0.29) is 5.97 Å². The number of benzene rings is 1. The molecule has 1 fully saturated rings. The van der Waals surface area contributed by atoms with Crippen molar-refractivity contribution in [2.45, 2.75) is 45.1 Å². The Hall–Kier alpha value is -2.30. The van der Waals surface area contributed by atoms with Crippen molar-refractivity contribution in [3.05, 3.63) is 35.5 Å². The zero-order valence-electron chi connectivity index (χ0n) is 14.5. The van der Waals surface area contributed by atoms with E-state index >= 15 is 0 Å². The molecule has 0 unspecified atom stereocenters. The number of hydrogen-bond acceptors (Lipinski definition) is 4. The third-order valence-corrected chi connectivity index (χ3v) is 4.71. The summed E-state index contributed by atoms with van der Waals surface area (Å²) >= 11 is 0. The zero-order chi connectivity index (χ0) is 17.1. The van der Waals surface area contributed by atoms with Gasteiger partial charge in [0.1, 0.15) is 17.0 Å². The number of ether oxygens (including phenoxy) is 2. The third kappa shape index (κ3) is 3.30. The molecular formula is C19H24N2O3. The summed E-state index contributed by atoms with van der Waals surface area (Å²) in [6.45, 7) is 1.86. The molecule has 1 aromatic carbocycles. The summed E-state index contributed by atoms with van der Waals surface area (Å²) in [5.41, 5.74) is 2.83. The number of esters is 1. The average Bonchev–Trinajstić information content (AvgIpc) is 2.91. The van der Waals surface area contributed by atoms with Crippen LogP contribution in [0.3, 0.4) is 0 Å². The van der Waals surface area contributed by atoms with Crippen LogP contribution in [0.2, 0.25) is 0 Å². The highest BCUT2D eigenvalue weighted by atomic mass is 16.5. The number of carbonyl (C=O) groups excluding carboxylic acids is 1. The van der Waals surface area contributed by atoms with Crippen LogP contribution in [0.5, 0.6) is 5.75 Å². The topological polar surface area (TPSA) is 53.4 Å². The summed E-state index contributed by atoms with van der Waals surface area (Å²) in [7, 11) is 3.21. The Balaban J connectivity index is 1.83. The minimum absolute atomic E-state index is 0.326. The maximum atomic E-state index is 12.1. The summed E-state index contributed by atoms with van der Waals surface area (Å²) in [4.78, 5) is 12.1. The Morgan fingerprint density at radius 2 is 1.83 bits per heavy atom. The van der Waals surface area contributed by atoms with Gasteiger partial charge in [0.25, 0.3) is 0 Å². The van der Waals surface area contributed by atoms with Crippen LogP contribution in [-0.2, 0) is 11.8 Å². The molecule has 1 aromatic heterocycles. The van der Waals surface area contributed by atoms with Crippen LogP contribution in [-0.4, -0.2) is 29.0 Å². The van der Waals surface area contributed by atoms with E-state index in [0.29, 0.717) is 17.4 Å². The van der Waals surface area contributed by atoms with Crippen LogP contribution >= 0.6 is 0 Å². The lowest BCUT2D eigenvalue weighted by molar-refractivity contribution is 0.0600. The molecule has 3 rings (SSSR count). The minimum Gasteiger partial charge on any atom is -0.490 e. The molecular weight excluding hydrogens is 304 g/mol. The van der Waals surface area contributed by atoms with Crippen molar-refractivity contribution in [3.63, 3.8) is 0 Å². The third-order valence-electron chi connectivity index (χ3n) is 4.71. The van der Waals surface area contributed by atoms with Crippen molar-refractivity contribution in [3.8, 4) is 17.0 Å². The Kier molecular flexibility index (Phi) is 4.88. The smallest absolute Gasteiger partial charge is 0.342 e. The first-order valence-corrected chi connectivity index (χ1v) is 8.49. The highest BCUT2D eigenvalue weighted by molar-refractivity contribution is 5.97. The zero-order valence-corrected chi connectivity index (χ0v) is 14.5. The van der Waals surface area contributed by atoms with Gasteiger partial charge < -0.3 is 9.47 Å². The van der Waals surface area contributed by atoms with E-state index in [0.717, 1.165) is 29.8 Å². The first-order valence-electron chi connectivity index (χ1n) is 8.49. The van der Waals surface area contributed by atoms with E-state index in [4.69, 9.17) is 9.47 Å². The lowest BCUT2D eigenvalue weighted by Crippen LogP contribution is -2.19. The fraction of sp³-hybridized carbons (Fsp3) is 0.474. The van der Waals surface area contributed by atoms with Crippen LogP contribution in [0.1, 0.15) is 48.2 Å². The van der Waals surface area contributed by atoms with Gasteiger partial charge in [0.05, 0.1) is 18.9 Å². The van der Waals surface area contributed by atoms with E-state index in [2.05, 4.69) is 5.10 Å². The summed E-state index contributed by atoms with van der Waals surface area (Å²) in [6, 6.07) is 7.81. The van der Waals surface area contributed by atoms with Gasteiger partial charge in [0.2, 0.25) is 0 Å². The lowest BCUT2D eigenvalue weighted by Gasteiger charge is -2.23. The van der Waals surface area contributed by atoms with Gasteiger partial charge >= 0.3 is 5.97 Å². The normalized spacial score (nSPS) is 15.3. The molecule has 0 spiro atoms. The second-order valence-corrected chi connectivity index (χ2v) is 6.33. The molecule has 1 aliphatic carbocycles. The molecule has 0 radical (unpaired) electrons. The molecule has 1 heterocycles. The molecule has 1 saturated carbocycles. The Morgan fingerprint density at radius 1 is 1.17 bits per heavy atom. The van der Waals surface area contributed by atoms with Gasteiger partial charge in [0, 0.05) is 12.6 Å².